The minimum Gasteiger partial charge on any atom is -0.377 e. The highest BCUT2D eigenvalue weighted by molar-refractivity contribution is 5.78. The number of ketones is 1. The fourth-order valence-electron chi connectivity index (χ4n) is 1.27. The van der Waals surface area contributed by atoms with Gasteiger partial charge in [-0.25, -0.2) is 0 Å². The lowest BCUT2D eigenvalue weighted by Crippen LogP contribution is -2.10. The molecule has 58 valence electrons. The standard InChI is InChI=1S/C8H14O2/c1-3-8-4-7(5-10-8)6(2)9/h7-8H,3-5H2,1-2H3. The van der Waals surface area contributed by atoms with E-state index in [1.54, 1.807) is 6.92 Å². The molecule has 2 heteroatoms. The minimum atomic E-state index is 0.185. The number of hydrogen-bond donors (Lipinski definition) is 0. The summed E-state index contributed by atoms with van der Waals surface area (Å²) in [7, 11) is 0. The maximum Gasteiger partial charge on any atom is 0.135 e. The normalized spacial score (nSPS) is 32.6. The summed E-state index contributed by atoms with van der Waals surface area (Å²) in [5.74, 6) is 0.459. The van der Waals surface area contributed by atoms with Crippen LogP contribution in [-0.4, -0.2) is 18.5 Å². The summed E-state index contributed by atoms with van der Waals surface area (Å²) in [6.45, 7) is 4.38. The van der Waals surface area contributed by atoms with Gasteiger partial charge in [0.15, 0.2) is 0 Å². The van der Waals surface area contributed by atoms with Crippen molar-refractivity contribution in [2.75, 3.05) is 6.61 Å². The first-order chi connectivity index (χ1) is 4.74. The first-order valence-electron chi connectivity index (χ1n) is 3.86. The molecule has 1 saturated heterocycles. The smallest absolute Gasteiger partial charge is 0.135 e. The van der Waals surface area contributed by atoms with Crippen molar-refractivity contribution in [2.45, 2.75) is 32.8 Å². The van der Waals surface area contributed by atoms with E-state index in [1.165, 1.54) is 0 Å². The van der Waals surface area contributed by atoms with E-state index < -0.39 is 0 Å². The van der Waals surface area contributed by atoms with Gasteiger partial charge in [-0.3, -0.25) is 4.79 Å². The van der Waals surface area contributed by atoms with E-state index in [2.05, 4.69) is 6.92 Å². The van der Waals surface area contributed by atoms with Crippen molar-refractivity contribution >= 4 is 5.78 Å². The highest BCUT2D eigenvalue weighted by Crippen LogP contribution is 2.21. The molecule has 1 aliphatic rings. The second-order valence-electron chi connectivity index (χ2n) is 2.91. The van der Waals surface area contributed by atoms with Gasteiger partial charge < -0.3 is 4.74 Å². The van der Waals surface area contributed by atoms with Gasteiger partial charge in [-0.15, -0.1) is 0 Å². The lowest BCUT2D eigenvalue weighted by Gasteiger charge is -2.02. The molecule has 0 N–H and O–H groups in total. The van der Waals surface area contributed by atoms with E-state index in [-0.39, 0.29) is 11.7 Å². The average Bonchev–Trinajstić information content (AvgIpc) is 2.34. The van der Waals surface area contributed by atoms with Gasteiger partial charge >= 0.3 is 0 Å². The van der Waals surface area contributed by atoms with Crippen molar-refractivity contribution in [2.24, 2.45) is 5.92 Å². The first-order valence-corrected chi connectivity index (χ1v) is 3.86. The maximum absolute atomic E-state index is 10.8. The number of carbonyl (C=O) groups is 1. The molecule has 1 fully saturated rings. The van der Waals surface area contributed by atoms with E-state index in [4.69, 9.17) is 4.74 Å². The molecule has 0 saturated carbocycles. The van der Waals surface area contributed by atoms with Crippen molar-refractivity contribution in [1.29, 1.82) is 0 Å². The molecule has 0 bridgehead atoms. The Labute approximate surface area is 61.6 Å². The molecule has 1 heterocycles. The lowest BCUT2D eigenvalue weighted by molar-refractivity contribution is -0.120. The van der Waals surface area contributed by atoms with E-state index in [9.17, 15) is 4.79 Å². The van der Waals surface area contributed by atoms with Gasteiger partial charge in [0.1, 0.15) is 5.78 Å². The Morgan fingerprint density at radius 3 is 2.70 bits per heavy atom. The van der Waals surface area contributed by atoms with Crippen LogP contribution in [0.25, 0.3) is 0 Å². The number of hydrogen-bond acceptors (Lipinski definition) is 2. The summed E-state index contributed by atoms with van der Waals surface area (Å²) >= 11 is 0. The van der Waals surface area contributed by atoms with Crippen LogP contribution in [-0.2, 0) is 9.53 Å². The van der Waals surface area contributed by atoms with Crippen molar-refractivity contribution in [3.05, 3.63) is 0 Å². The Morgan fingerprint density at radius 1 is 1.70 bits per heavy atom. The summed E-state index contributed by atoms with van der Waals surface area (Å²) in [5.41, 5.74) is 0. The Hall–Kier alpha value is -0.370. The molecule has 10 heavy (non-hydrogen) atoms. The van der Waals surface area contributed by atoms with Gasteiger partial charge in [-0.1, -0.05) is 6.92 Å². The molecule has 0 spiro atoms. The molecule has 2 nitrogen and oxygen atoms in total. The predicted octanol–water partition coefficient (Wildman–Crippen LogP) is 1.39. The quantitative estimate of drug-likeness (QED) is 0.582. The van der Waals surface area contributed by atoms with Crippen LogP contribution in [0.15, 0.2) is 0 Å². The summed E-state index contributed by atoms with van der Waals surface area (Å²) in [6.07, 6.45) is 2.31. The van der Waals surface area contributed by atoms with Crippen LogP contribution in [0.4, 0.5) is 0 Å². The van der Waals surface area contributed by atoms with E-state index >= 15 is 0 Å². The van der Waals surface area contributed by atoms with Gasteiger partial charge in [0.2, 0.25) is 0 Å². The average molecular weight is 142 g/mol. The molecule has 2 unspecified atom stereocenters. The molecule has 1 aliphatic heterocycles. The molecular formula is C8H14O2. The highest BCUT2D eigenvalue weighted by atomic mass is 16.5. The maximum atomic E-state index is 10.8. The van der Waals surface area contributed by atoms with Crippen LogP contribution >= 0.6 is 0 Å². The summed E-state index contributed by atoms with van der Waals surface area (Å²) < 4.78 is 5.36. The molecule has 2 atom stereocenters. The first kappa shape index (κ1) is 7.73. The van der Waals surface area contributed by atoms with Gasteiger partial charge in [0, 0.05) is 5.92 Å². The van der Waals surface area contributed by atoms with E-state index in [1.807, 2.05) is 0 Å². The van der Waals surface area contributed by atoms with Crippen molar-refractivity contribution in [3.63, 3.8) is 0 Å². The Morgan fingerprint density at radius 2 is 2.40 bits per heavy atom. The fourth-order valence-corrected chi connectivity index (χ4v) is 1.27. The second-order valence-corrected chi connectivity index (χ2v) is 2.91. The van der Waals surface area contributed by atoms with Gasteiger partial charge in [0.25, 0.3) is 0 Å². The number of rotatable bonds is 2. The third-order valence-electron chi connectivity index (χ3n) is 2.11. The molecule has 1 rings (SSSR count). The van der Waals surface area contributed by atoms with Crippen LogP contribution in [0.2, 0.25) is 0 Å². The van der Waals surface area contributed by atoms with E-state index in [0.29, 0.717) is 12.7 Å². The van der Waals surface area contributed by atoms with Crippen LogP contribution in [0.1, 0.15) is 26.7 Å². The molecular weight excluding hydrogens is 128 g/mol. The summed E-state index contributed by atoms with van der Waals surface area (Å²) in [4.78, 5) is 10.8. The Kier molecular flexibility index (Phi) is 2.44. The van der Waals surface area contributed by atoms with Gasteiger partial charge in [-0.2, -0.15) is 0 Å². The van der Waals surface area contributed by atoms with Crippen LogP contribution in [0.5, 0.6) is 0 Å². The van der Waals surface area contributed by atoms with Crippen LogP contribution in [0, 0.1) is 5.92 Å². The van der Waals surface area contributed by atoms with Crippen molar-refractivity contribution < 1.29 is 9.53 Å². The van der Waals surface area contributed by atoms with Gasteiger partial charge in [-0.05, 0) is 19.8 Å². The summed E-state index contributed by atoms with van der Waals surface area (Å²) in [5, 5.41) is 0. The number of Topliss-reactive ketones (excluding diaryl/α,β-unsaturated/α-hetero) is 1. The van der Waals surface area contributed by atoms with Crippen molar-refractivity contribution in [1.82, 2.24) is 0 Å². The molecule has 0 radical (unpaired) electrons. The number of carbonyl (C=O) groups excluding carboxylic acids is 1. The molecule has 0 aromatic rings. The minimum absolute atomic E-state index is 0.185. The SMILES string of the molecule is CCC1CC(C(C)=O)CO1. The zero-order valence-corrected chi connectivity index (χ0v) is 6.59. The van der Waals surface area contributed by atoms with E-state index in [0.717, 1.165) is 12.8 Å². The van der Waals surface area contributed by atoms with Crippen LogP contribution in [0.3, 0.4) is 0 Å². The molecule has 0 amide bonds. The molecule has 0 aliphatic carbocycles. The molecule has 0 aromatic heterocycles. The molecule has 0 aromatic carbocycles. The zero-order chi connectivity index (χ0) is 7.56. The third kappa shape index (κ3) is 1.57. The van der Waals surface area contributed by atoms with Crippen LogP contribution < -0.4 is 0 Å². The zero-order valence-electron chi connectivity index (χ0n) is 6.59. The second kappa shape index (κ2) is 3.15. The largest absolute Gasteiger partial charge is 0.377 e. The Balaban J connectivity index is 2.35. The topological polar surface area (TPSA) is 26.3 Å². The highest BCUT2D eigenvalue weighted by Gasteiger charge is 2.26. The monoisotopic (exact) mass is 142 g/mol. The summed E-state index contributed by atoms with van der Waals surface area (Å²) in [6, 6.07) is 0. The lowest BCUT2D eigenvalue weighted by atomic mass is 10.0. The number of ether oxygens (including phenoxy) is 1. The predicted molar refractivity (Wildman–Crippen MR) is 38.8 cm³/mol. The Bertz CT molecular complexity index is 131. The van der Waals surface area contributed by atoms with Gasteiger partial charge in [0.05, 0.1) is 12.7 Å². The fraction of sp³-hybridized carbons (Fsp3) is 0.875. The third-order valence-corrected chi connectivity index (χ3v) is 2.11. The van der Waals surface area contributed by atoms with Crippen molar-refractivity contribution in [3.8, 4) is 0 Å².